The Balaban J connectivity index is 1.22. The molecule has 0 saturated carbocycles. The molecule has 11 atom stereocenters. The number of phenolic OH excluding ortho intramolecular Hbond substituents is 1. The number of primary amides is 1. The number of amides is 15. The third-order valence-corrected chi connectivity index (χ3v) is 23.7. The van der Waals surface area contributed by atoms with Crippen molar-refractivity contribution in [3.8, 4) is 5.75 Å². The van der Waals surface area contributed by atoms with Gasteiger partial charge < -0.3 is 99.0 Å². The van der Waals surface area contributed by atoms with Crippen LogP contribution in [0.15, 0.2) is 164 Å². The van der Waals surface area contributed by atoms with E-state index in [4.69, 9.17) is 23.1 Å². The number of fused-ring (bicyclic) bond motifs is 1. The zero-order valence-corrected chi connectivity index (χ0v) is 76.8. The fraction of sp³-hybridized carbons (Fsp3) is 0.426. The maximum absolute atomic E-state index is 15.6. The van der Waals surface area contributed by atoms with Crippen molar-refractivity contribution in [2.24, 2.45) is 23.3 Å². The molecule has 11 unspecified atom stereocenters. The number of aromatic hydroxyl groups is 1. The number of aromatic nitrogens is 1. The van der Waals surface area contributed by atoms with Gasteiger partial charge in [-0.05, 0) is 94.0 Å². The number of phenols is 1. The van der Waals surface area contributed by atoms with Crippen molar-refractivity contribution >= 4 is 129 Å². The molecule has 1 aliphatic rings. The molecule has 0 radical (unpaired) electrons. The standard InChI is InChI=1S/C94H120ClN17O18S/c1-11-12-30-75-92(128)109(7)52-80(116)101-71(47-82(118)119)88(124)107-83(56(4)5)94(130)111(9)76(44-57-22-15-13-16-23-57)89(125)105-72(42-59-31-33-61(48-96)34-32-59)90(126)108(6)51-79(115)100-70(46-63-49-98-67-29-20-19-28-66(63)67)87(123)104-69(41-60-35-37-65(113)38-36-60)86(122)103-68(39-55(2)3)85(121)106-74(84(120)99-50-78(97)114)53-131-54-81(117)102-73(43-62-26-21-27-64(95)40-62)91(127)112(10)77(93(129)110(75)8)45-58-24-17-14-18-25-58/h13-29,31-38,40,49,55-56,68-77,83,98,113H,11-12,30,39,41-48,50-54,96H2,1-10H3,(H2,97,114)(H,99,120)(H,100,115)(H,101,116)(H,102,117)(H,103,122)(H,104,123)(H,105,125)(H,106,121)(H,107,124)(H,118,119). The molecule has 7 aromatic rings. The maximum Gasteiger partial charge on any atom is 0.305 e. The number of hydrogen-bond donors (Lipinski definition) is 14. The highest BCUT2D eigenvalue weighted by atomic mass is 35.5. The monoisotopic (exact) mass is 1840 g/mol. The molecule has 6 aromatic carbocycles. The highest BCUT2D eigenvalue weighted by molar-refractivity contribution is 8.00. The normalized spacial score (nSPS) is 21.8. The van der Waals surface area contributed by atoms with Gasteiger partial charge in [0.15, 0.2) is 0 Å². The molecule has 131 heavy (non-hydrogen) atoms. The summed E-state index contributed by atoms with van der Waals surface area (Å²) in [6.07, 6.45) is 0.0720. The van der Waals surface area contributed by atoms with E-state index in [1.165, 1.54) is 59.5 Å². The molecule has 0 spiro atoms. The van der Waals surface area contributed by atoms with Crippen LogP contribution in [0.4, 0.5) is 0 Å². The summed E-state index contributed by atoms with van der Waals surface area (Å²) in [6, 6.07) is 26.3. The number of thioether (sulfide) groups is 1. The number of nitrogens with one attached hydrogen (secondary N) is 10. The Morgan fingerprint density at radius 2 is 0.985 bits per heavy atom. The van der Waals surface area contributed by atoms with Crippen molar-refractivity contribution in [1.29, 1.82) is 0 Å². The molecular formula is C94H120ClN17O18S. The van der Waals surface area contributed by atoms with Crippen molar-refractivity contribution in [1.82, 2.24) is 77.3 Å². The fourth-order valence-corrected chi connectivity index (χ4v) is 16.2. The number of carbonyl (C=O) groups is 16. The van der Waals surface area contributed by atoms with Gasteiger partial charge >= 0.3 is 5.97 Å². The number of benzene rings is 6. The van der Waals surface area contributed by atoms with Crippen LogP contribution in [-0.2, 0) is 122 Å². The van der Waals surface area contributed by atoms with Crippen LogP contribution in [-0.4, -0.2) is 267 Å². The summed E-state index contributed by atoms with van der Waals surface area (Å²) < 4.78 is 0. The fourth-order valence-electron chi connectivity index (χ4n) is 15.2. The van der Waals surface area contributed by atoms with Gasteiger partial charge in [-0.25, -0.2) is 0 Å². The Hall–Kier alpha value is -13.2. The van der Waals surface area contributed by atoms with Gasteiger partial charge in [0.2, 0.25) is 88.6 Å². The first-order chi connectivity index (χ1) is 62.3. The lowest BCUT2D eigenvalue weighted by Gasteiger charge is -2.37. The minimum atomic E-state index is -1.91. The van der Waals surface area contributed by atoms with Crippen molar-refractivity contribution in [3.63, 3.8) is 0 Å². The Morgan fingerprint density at radius 1 is 0.496 bits per heavy atom. The average Bonchev–Trinajstić information content (AvgIpc) is 1.78. The van der Waals surface area contributed by atoms with Crippen LogP contribution in [0.2, 0.25) is 5.02 Å². The molecule has 2 heterocycles. The average molecular weight is 1840 g/mol. The molecule has 1 saturated heterocycles. The van der Waals surface area contributed by atoms with E-state index in [-0.39, 0.29) is 74.6 Å². The van der Waals surface area contributed by atoms with Crippen molar-refractivity contribution in [2.75, 3.05) is 66.4 Å². The summed E-state index contributed by atoms with van der Waals surface area (Å²) in [7, 11) is 6.55. The van der Waals surface area contributed by atoms with Crippen LogP contribution in [0.1, 0.15) is 106 Å². The second-order valence-corrected chi connectivity index (χ2v) is 35.0. The first-order valence-electron chi connectivity index (χ1n) is 43.3. The number of aromatic amines is 1. The Kier molecular flexibility index (Phi) is 39.4. The number of carboxylic acid groups (broad SMARTS) is 1. The van der Waals surface area contributed by atoms with Crippen LogP contribution >= 0.6 is 23.4 Å². The van der Waals surface area contributed by atoms with Gasteiger partial charge in [0.1, 0.15) is 72.2 Å². The lowest BCUT2D eigenvalue weighted by Crippen LogP contribution is -2.61. The Bertz CT molecular complexity index is 5170. The summed E-state index contributed by atoms with van der Waals surface area (Å²) in [5, 5.41) is 45.6. The molecule has 1 aromatic heterocycles. The minimum absolute atomic E-state index is 0.0209. The van der Waals surface area contributed by atoms with Gasteiger partial charge in [-0.3, -0.25) is 76.7 Å². The highest BCUT2D eigenvalue weighted by Gasteiger charge is 2.42. The van der Waals surface area contributed by atoms with Gasteiger partial charge in [0, 0.05) is 108 Å². The summed E-state index contributed by atoms with van der Waals surface area (Å²) in [4.78, 5) is 244. The third-order valence-electron chi connectivity index (χ3n) is 22.4. The number of para-hydroxylation sites is 1. The summed E-state index contributed by atoms with van der Waals surface area (Å²) in [5.41, 5.74) is 15.8. The molecule has 1 fully saturated rings. The molecule has 15 amide bonds. The lowest BCUT2D eigenvalue weighted by molar-refractivity contribution is -0.151. The van der Waals surface area contributed by atoms with Gasteiger partial charge in [0.05, 0.1) is 31.8 Å². The molecular weight excluding hydrogens is 1720 g/mol. The molecule has 37 heteroatoms. The lowest BCUT2D eigenvalue weighted by atomic mass is 9.98. The SMILES string of the molecule is CCCCC1C(=O)N(C)CC(=O)NC(CC(=O)O)C(=O)NC(C(C)C)C(=O)N(C)C(Cc2ccccc2)C(=O)NC(Cc2ccc(CN)cc2)C(=O)N(C)CC(=O)NC(Cc2c[nH]c3ccccc23)C(=O)NC(Cc2ccc(O)cc2)C(=O)NC(CC(C)C)C(=O)NC(C(=O)NCC(N)=O)CSCC(=O)NC(Cc2cccc(Cl)c2)C(=O)N(C)C(Cc2ccccc2)C(=O)N1C. The zero-order valence-electron chi connectivity index (χ0n) is 75.2. The number of nitrogens with zero attached hydrogens (tertiary/aromatic N) is 5. The number of nitrogens with two attached hydrogens (primary N) is 2. The summed E-state index contributed by atoms with van der Waals surface area (Å²) >= 11 is 7.31. The minimum Gasteiger partial charge on any atom is -0.508 e. The molecule has 702 valence electrons. The second kappa shape index (κ2) is 50.1. The van der Waals surface area contributed by atoms with Crippen molar-refractivity contribution in [3.05, 3.63) is 208 Å². The van der Waals surface area contributed by atoms with Gasteiger partial charge in [-0.2, -0.15) is 0 Å². The zero-order chi connectivity index (χ0) is 95.9. The number of unbranched alkanes of at least 4 members (excludes halogenated alkanes) is 1. The van der Waals surface area contributed by atoms with Gasteiger partial charge in [-0.15, -0.1) is 11.8 Å². The van der Waals surface area contributed by atoms with Crippen LogP contribution in [0.3, 0.4) is 0 Å². The number of halogens is 1. The predicted octanol–water partition coefficient (Wildman–Crippen LogP) is 2.73. The Labute approximate surface area is 770 Å². The summed E-state index contributed by atoms with van der Waals surface area (Å²) in [6.45, 7) is 6.36. The molecule has 0 aliphatic carbocycles. The van der Waals surface area contributed by atoms with E-state index in [0.717, 1.165) is 41.8 Å². The first kappa shape index (κ1) is 103. The number of likely N-dealkylation sites (N-methyl/N-ethyl adjacent to an activating group) is 5. The number of rotatable bonds is 24. The molecule has 1 aliphatic heterocycles. The number of H-pyrrole nitrogens is 1. The topological polar surface area (TPSA) is 506 Å². The van der Waals surface area contributed by atoms with Crippen LogP contribution in [0.25, 0.3) is 10.9 Å². The quantitative estimate of drug-likeness (QED) is 0.0413. The van der Waals surface area contributed by atoms with E-state index in [9.17, 15) is 48.6 Å². The number of carbonyl (C=O) groups excluding carboxylic acids is 15. The predicted molar refractivity (Wildman–Crippen MR) is 493 cm³/mol. The first-order valence-corrected chi connectivity index (χ1v) is 44.8. The van der Waals surface area contributed by atoms with Crippen LogP contribution < -0.4 is 59.3 Å². The van der Waals surface area contributed by atoms with E-state index in [1.807, 2.05) is 6.92 Å². The molecule has 16 N–H and O–H groups in total. The van der Waals surface area contributed by atoms with Crippen LogP contribution in [0.5, 0.6) is 5.75 Å². The molecule has 35 nitrogen and oxygen atoms in total. The maximum atomic E-state index is 15.6. The van der Waals surface area contributed by atoms with E-state index >= 15 is 38.4 Å². The number of carboxylic acids is 1. The number of aliphatic carboxylic acids is 1. The van der Waals surface area contributed by atoms with Gasteiger partial charge in [0.25, 0.3) is 0 Å². The van der Waals surface area contributed by atoms with E-state index in [2.05, 4.69) is 52.8 Å². The van der Waals surface area contributed by atoms with Crippen LogP contribution in [0, 0.1) is 11.8 Å². The molecule has 8 rings (SSSR count). The summed E-state index contributed by atoms with van der Waals surface area (Å²) in [5.74, 6) is -17.3. The van der Waals surface area contributed by atoms with Crippen molar-refractivity contribution < 1.29 is 86.9 Å². The third kappa shape index (κ3) is 31.3. The van der Waals surface area contributed by atoms with Crippen molar-refractivity contribution in [2.45, 2.75) is 178 Å². The second-order valence-electron chi connectivity index (χ2n) is 33.6. The highest BCUT2D eigenvalue weighted by Crippen LogP contribution is 2.25. The van der Waals surface area contributed by atoms with Gasteiger partial charge in [-0.1, -0.05) is 186 Å². The largest absolute Gasteiger partial charge is 0.508 e. The van der Waals surface area contributed by atoms with E-state index in [1.54, 1.807) is 167 Å². The van der Waals surface area contributed by atoms with E-state index in [0.29, 0.717) is 57.1 Å². The van der Waals surface area contributed by atoms with E-state index < -0.39 is 205 Å². The Morgan fingerprint density at radius 3 is 1.57 bits per heavy atom. The smallest absolute Gasteiger partial charge is 0.305 e. The number of hydrogen-bond acceptors (Lipinski definition) is 19. The molecule has 0 bridgehead atoms.